The maximum absolute atomic E-state index is 11.5. The lowest BCUT2D eigenvalue weighted by Gasteiger charge is -2.00. The van der Waals surface area contributed by atoms with Crippen LogP contribution in [0.3, 0.4) is 0 Å². The first-order chi connectivity index (χ1) is 8.61. The topological polar surface area (TPSA) is 94.0 Å². The number of hydrogen-bond acceptors (Lipinski definition) is 5. The van der Waals surface area contributed by atoms with Crippen molar-refractivity contribution in [3.8, 4) is 11.5 Å². The van der Waals surface area contributed by atoms with Crippen LogP contribution in [0.1, 0.15) is 17.5 Å². The molecule has 2 rings (SSSR count). The zero-order chi connectivity index (χ0) is 13.1. The van der Waals surface area contributed by atoms with Gasteiger partial charge in [0.1, 0.15) is 0 Å². The van der Waals surface area contributed by atoms with Crippen LogP contribution in [0.25, 0.3) is 11.5 Å². The number of hydrogen-bond donors (Lipinski definition) is 2. The Labute approximate surface area is 108 Å². The van der Waals surface area contributed by atoms with Gasteiger partial charge >= 0.3 is 0 Å². The SMILES string of the molecule is CCNC(=O)c1noc(-c2cc(Cl)ccc2N)n1. The molecule has 7 heteroatoms. The van der Waals surface area contributed by atoms with Crippen molar-refractivity contribution in [3.63, 3.8) is 0 Å². The largest absolute Gasteiger partial charge is 0.398 e. The number of aromatic nitrogens is 2. The summed E-state index contributed by atoms with van der Waals surface area (Å²) in [5, 5.41) is 6.65. The van der Waals surface area contributed by atoms with Gasteiger partial charge in [0.25, 0.3) is 17.6 Å². The zero-order valence-electron chi connectivity index (χ0n) is 9.61. The quantitative estimate of drug-likeness (QED) is 0.825. The van der Waals surface area contributed by atoms with Crippen molar-refractivity contribution in [3.05, 3.63) is 29.0 Å². The van der Waals surface area contributed by atoms with Gasteiger partial charge in [0.15, 0.2) is 0 Å². The number of nitrogens with one attached hydrogen (secondary N) is 1. The number of amides is 1. The van der Waals surface area contributed by atoms with Crippen LogP contribution in [0, 0.1) is 0 Å². The predicted molar refractivity (Wildman–Crippen MR) is 67.2 cm³/mol. The van der Waals surface area contributed by atoms with Crippen LogP contribution in [0.15, 0.2) is 22.7 Å². The minimum absolute atomic E-state index is 0.0359. The predicted octanol–water partition coefficient (Wildman–Crippen LogP) is 1.72. The summed E-state index contributed by atoms with van der Waals surface area (Å²) >= 11 is 5.86. The van der Waals surface area contributed by atoms with Gasteiger partial charge < -0.3 is 15.6 Å². The van der Waals surface area contributed by atoms with Crippen molar-refractivity contribution in [1.82, 2.24) is 15.5 Å². The Bertz CT molecular complexity index is 582. The van der Waals surface area contributed by atoms with Gasteiger partial charge in [0.05, 0.1) is 5.56 Å². The highest BCUT2D eigenvalue weighted by molar-refractivity contribution is 6.31. The molecule has 0 saturated carbocycles. The van der Waals surface area contributed by atoms with E-state index in [1.807, 2.05) is 0 Å². The number of nitrogens with two attached hydrogens (primary N) is 1. The van der Waals surface area contributed by atoms with Crippen LogP contribution in [-0.4, -0.2) is 22.6 Å². The standard InChI is InChI=1S/C11H11ClN4O2/c1-2-14-10(17)9-15-11(18-16-9)7-5-6(12)3-4-8(7)13/h3-5H,2,13H2,1H3,(H,14,17). The second kappa shape index (κ2) is 5.05. The summed E-state index contributed by atoms with van der Waals surface area (Å²) < 4.78 is 4.99. The molecular formula is C11H11ClN4O2. The fourth-order valence-corrected chi connectivity index (χ4v) is 1.55. The first kappa shape index (κ1) is 12.4. The van der Waals surface area contributed by atoms with Gasteiger partial charge in [0.2, 0.25) is 0 Å². The van der Waals surface area contributed by atoms with E-state index < -0.39 is 5.91 Å². The van der Waals surface area contributed by atoms with Gasteiger partial charge in [-0.2, -0.15) is 4.98 Å². The van der Waals surface area contributed by atoms with Gasteiger partial charge in [-0.3, -0.25) is 4.79 Å². The average molecular weight is 267 g/mol. The molecule has 0 fully saturated rings. The van der Waals surface area contributed by atoms with Crippen LogP contribution >= 0.6 is 11.6 Å². The van der Waals surface area contributed by atoms with E-state index in [1.54, 1.807) is 25.1 Å². The van der Waals surface area contributed by atoms with Crippen molar-refractivity contribution >= 4 is 23.2 Å². The molecule has 1 amide bonds. The molecule has 0 radical (unpaired) electrons. The highest BCUT2D eigenvalue weighted by Gasteiger charge is 2.16. The summed E-state index contributed by atoms with van der Waals surface area (Å²) in [6.45, 7) is 2.29. The molecule has 3 N–H and O–H groups in total. The Morgan fingerprint density at radius 3 is 3.06 bits per heavy atom. The molecule has 0 unspecified atom stereocenters. The van der Waals surface area contributed by atoms with Crippen molar-refractivity contribution in [1.29, 1.82) is 0 Å². The number of rotatable bonds is 3. The molecule has 94 valence electrons. The molecule has 0 aliphatic rings. The molecule has 18 heavy (non-hydrogen) atoms. The molecule has 1 heterocycles. The summed E-state index contributed by atoms with van der Waals surface area (Å²) in [5.41, 5.74) is 6.73. The first-order valence-electron chi connectivity index (χ1n) is 5.29. The number of nitrogens with zero attached hydrogens (tertiary/aromatic N) is 2. The second-order valence-corrected chi connectivity index (χ2v) is 3.95. The molecule has 0 atom stereocenters. The van der Waals surface area contributed by atoms with Gasteiger partial charge in [-0.1, -0.05) is 16.8 Å². The summed E-state index contributed by atoms with van der Waals surface area (Å²) in [6, 6.07) is 4.89. The monoisotopic (exact) mass is 266 g/mol. The molecule has 1 aromatic carbocycles. The third-order valence-electron chi connectivity index (χ3n) is 2.21. The van der Waals surface area contributed by atoms with Crippen LogP contribution in [-0.2, 0) is 0 Å². The number of carbonyl (C=O) groups is 1. The van der Waals surface area contributed by atoms with Gasteiger partial charge in [-0.25, -0.2) is 0 Å². The fraction of sp³-hybridized carbons (Fsp3) is 0.182. The van der Waals surface area contributed by atoms with Crippen LogP contribution in [0.4, 0.5) is 5.69 Å². The van der Waals surface area contributed by atoms with E-state index in [4.69, 9.17) is 21.9 Å². The van der Waals surface area contributed by atoms with E-state index in [1.165, 1.54) is 0 Å². The number of anilines is 1. The van der Waals surface area contributed by atoms with E-state index in [9.17, 15) is 4.79 Å². The van der Waals surface area contributed by atoms with Crippen LogP contribution in [0.2, 0.25) is 5.02 Å². The van der Waals surface area contributed by atoms with E-state index in [-0.39, 0.29) is 11.7 Å². The Morgan fingerprint density at radius 1 is 1.56 bits per heavy atom. The normalized spacial score (nSPS) is 10.3. The minimum atomic E-state index is -0.395. The fourth-order valence-electron chi connectivity index (χ4n) is 1.38. The lowest BCUT2D eigenvalue weighted by atomic mass is 10.2. The molecule has 1 aromatic heterocycles. The van der Waals surface area contributed by atoms with Crippen molar-refractivity contribution in [2.45, 2.75) is 6.92 Å². The van der Waals surface area contributed by atoms with Gasteiger partial charge in [-0.05, 0) is 25.1 Å². The van der Waals surface area contributed by atoms with E-state index in [0.717, 1.165) is 0 Å². The smallest absolute Gasteiger partial charge is 0.292 e. The minimum Gasteiger partial charge on any atom is -0.398 e. The second-order valence-electron chi connectivity index (χ2n) is 3.51. The maximum atomic E-state index is 11.5. The van der Waals surface area contributed by atoms with Crippen LogP contribution in [0.5, 0.6) is 0 Å². The molecule has 0 spiro atoms. The molecule has 6 nitrogen and oxygen atoms in total. The van der Waals surface area contributed by atoms with Crippen molar-refractivity contribution in [2.75, 3.05) is 12.3 Å². The Kier molecular flexibility index (Phi) is 3.47. The summed E-state index contributed by atoms with van der Waals surface area (Å²) in [6.07, 6.45) is 0. The molecule has 0 bridgehead atoms. The van der Waals surface area contributed by atoms with Crippen molar-refractivity contribution < 1.29 is 9.32 Å². The van der Waals surface area contributed by atoms with E-state index >= 15 is 0 Å². The average Bonchev–Trinajstić information content (AvgIpc) is 2.82. The molecule has 0 aliphatic heterocycles. The highest BCUT2D eigenvalue weighted by Crippen LogP contribution is 2.27. The summed E-state index contributed by atoms with van der Waals surface area (Å²) in [4.78, 5) is 15.5. The third-order valence-corrected chi connectivity index (χ3v) is 2.45. The zero-order valence-corrected chi connectivity index (χ0v) is 10.4. The van der Waals surface area contributed by atoms with Gasteiger partial charge in [-0.15, -0.1) is 0 Å². The van der Waals surface area contributed by atoms with Gasteiger partial charge in [0, 0.05) is 17.3 Å². The molecular weight excluding hydrogens is 256 g/mol. The highest BCUT2D eigenvalue weighted by atomic mass is 35.5. The summed E-state index contributed by atoms with van der Waals surface area (Å²) in [5.74, 6) is -0.268. The summed E-state index contributed by atoms with van der Waals surface area (Å²) in [7, 11) is 0. The van der Waals surface area contributed by atoms with Crippen molar-refractivity contribution in [2.24, 2.45) is 0 Å². The maximum Gasteiger partial charge on any atom is 0.292 e. The Balaban J connectivity index is 2.35. The molecule has 0 saturated heterocycles. The third kappa shape index (κ3) is 2.43. The number of nitrogen functional groups attached to an aromatic ring is 1. The number of benzene rings is 1. The lowest BCUT2D eigenvalue weighted by molar-refractivity contribution is 0.0942. The Hall–Kier alpha value is -2.08. The van der Waals surface area contributed by atoms with E-state index in [0.29, 0.717) is 22.8 Å². The van der Waals surface area contributed by atoms with E-state index in [2.05, 4.69) is 15.5 Å². The first-order valence-corrected chi connectivity index (χ1v) is 5.67. The van der Waals surface area contributed by atoms with Crippen LogP contribution < -0.4 is 11.1 Å². The Morgan fingerprint density at radius 2 is 2.33 bits per heavy atom. The molecule has 0 aliphatic carbocycles. The molecule has 2 aromatic rings. The number of halogens is 1. The number of carbonyl (C=O) groups excluding carboxylic acids is 1. The lowest BCUT2D eigenvalue weighted by Crippen LogP contribution is -2.23.